The number of phenolic OH excluding ortho intramolecular Hbond substituents is 1. The Kier molecular flexibility index (Phi) is 5.42. The van der Waals surface area contributed by atoms with Crippen molar-refractivity contribution in [2.75, 3.05) is 17.7 Å². The molecule has 0 amide bonds. The molecule has 2 aromatic heterocycles. The monoisotopic (exact) mass is 453 g/mol. The molecular formula is C25H19N5O2S. The highest BCUT2D eigenvalue weighted by Crippen LogP contribution is 2.31. The van der Waals surface area contributed by atoms with Crippen molar-refractivity contribution >= 4 is 50.8 Å². The molecule has 0 radical (unpaired) electrons. The van der Waals surface area contributed by atoms with Crippen molar-refractivity contribution in [3.8, 4) is 22.8 Å². The topological polar surface area (TPSA) is 92.2 Å². The minimum Gasteiger partial charge on any atom is -0.504 e. The van der Waals surface area contributed by atoms with Crippen LogP contribution in [0.2, 0.25) is 0 Å². The first kappa shape index (κ1) is 20.6. The number of anilines is 2. The van der Waals surface area contributed by atoms with Gasteiger partial charge in [0.15, 0.2) is 28.1 Å². The molecule has 2 heterocycles. The van der Waals surface area contributed by atoms with Crippen LogP contribution in [0.5, 0.6) is 11.5 Å². The molecule has 0 fully saturated rings. The van der Waals surface area contributed by atoms with E-state index in [1.807, 2.05) is 42.5 Å². The van der Waals surface area contributed by atoms with Crippen LogP contribution in [0.25, 0.3) is 33.2 Å². The predicted octanol–water partition coefficient (Wildman–Crippen LogP) is 5.37. The number of thiocarbonyl (C=S) groups is 1. The van der Waals surface area contributed by atoms with Crippen LogP contribution in [0.1, 0.15) is 0 Å². The molecule has 0 aliphatic heterocycles. The van der Waals surface area contributed by atoms with Gasteiger partial charge < -0.3 is 20.5 Å². The molecule has 0 unspecified atom stereocenters. The Balaban J connectivity index is 1.40. The lowest BCUT2D eigenvalue weighted by Gasteiger charge is -2.12. The molecular weight excluding hydrogens is 434 g/mol. The number of aromatic hydroxyl groups is 1. The van der Waals surface area contributed by atoms with Crippen molar-refractivity contribution in [2.45, 2.75) is 0 Å². The zero-order valence-electron chi connectivity index (χ0n) is 17.6. The Hall–Kier alpha value is -4.30. The van der Waals surface area contributed by atoms with E-state index in [1.165, 1.54) is 7.11 Å². The molecule has 0 bridgehead atoms. The highest BCUT2D eigenvalue weighted by molar-refractivity contribution is 7.80. The van der Waals surface area contributed by atoms with E-state index in [4.69, 9.17) is 17.0 Å². The number of fused-ring (bicyclic) bond motifs is 2. The van der Waals surface area contributed by atoms with Gasteiger partial charge in [-0.15, -0.1) is 0 Å². The summed E-state index contributed by atoms with van der Waals surface area (Å²) in [7, 11) is 1.51. The Morgan fingerprint density at radius 3 is 2.67 bits per heavy atom. The number of nitrogens with zero attached hydrogens (tertiary/aromatic N) is 3. The molecule has 0 spiro atoms. The van der Waals surface area contributed by atoms with Crippen molar-refractivity contribution in [2.24, 2.45) is 0 Å². The van der Waals surface area contributed by atoms with Crippen LogP contribution in [0.4, 0.5) is 11.5 Å². The Morgan fingerprint density at radius 1 is 0.939 bits per heavy atom. The van der Waals surface area contributed by atoms with E-state index in [9.17, 15) is 5.11 Å². The fourth-order valence-electron chi connectivity index (χ4n) is 3.56. The second kappa shape index (κ2) is 8.68. The number of phenols is 1. The fourth-order valence-corrected chi connectivity index (χ4v) is 3.77. The summed E-state index contributed by atoms with van der Waals surface area (Å²) in [6.07, 6.45) is 1.62. The van der Waals surface area contributed by atoms with Crippen molar-refractivity contribution in [3.63, 3.8) is 0 Å². The summed E-state index contributed by atoms with van der Waals surface area (Å²) >= 11 is 5.50. The molecule has 0 aliphatic rings. The molecule has 5 aromatic rings. The van der Waals surface area contributed by atoms with Crippen LogP contribution < -0.4 is 15.4 Å². The Labute approximate surface area is 195 Å². The van der Waals surface area contributed by atoms with E-state index in [0.29, 0.717) is 33.5 Å². The summed E-state index contributed by atoms with van der Waals surface area (Å²) in [5.41, 5.74) is 3.50. The molecule has 7 nitrogen and oxygen atoms in total. The van der Waals surface area contributed by atoms with E-state index < -0.39 is 0 Å². The average molecular weight is 454 g/mol. The number of hydrogen-bond acceptors (Lipinski definition) is 6. The van der Waals surface area contributed by atoms with E-state index in [0.717, 1.165) is 22.0 Å². The van der Waals surface area contributed by atoms with E-state index >= 15 is 0 Å². The number of nitrogens with one attached hydrogen (secondary N) is 2. The summed E-state index contributed by atoms with van der Waals surface area (Å²) in [5, 5.41) is 18.8. The van der Waals surface area contributed by atoms with Crippen molar-refractivity contribution < 1.29 is 9.84 Å². The normalized spacial score (nSPS) is 10.8. The molecule has 0 atom stereocenters. The second-order valence-electron chi connectivity index (χ2n) is 7.29. The number of rotatable bonds is 4. The van der Waals surface area contributed by atoms with Crippen LogP contribution in [-0.4, -0.2) is 32.3 Å². The van der Waals surface area contributed by atoms with Crippen LogP contribution in [-0.2, 0) is 0 Å². The van der Waals surface area contributed by atoms with Crippen LogP contribution in [0.15, 0.2) is 79.0 Å². The number of aromatic nitrogens is 3. The number of methoxy groups -OCH3 is 1. The van der Waals surface area contributed by atoms with Gasteiger partial charge >= 0.3 is 0 Å². The molecule has 8 heteroatoms. The zero-order valence-corrected chi connectivity index (χ0v) is 18.4. The smallest absolute Gasteiger partial charge is 0.180 e. The first-order valence-electron chi connectivity index (χ1n) is 10.2. The first-order valence-corrected chi connectivity index (χ1v) is 10.6. The first-order chi connectivity index (χ1) is 16.1. The summed E-state index contributed by atoms with van der Waals surface area (Å²) in [6, 6.07) is 22.9. The maximum Gasteiger partial charge on any atom is 0.180 e. The fraction of sp³-hybridized carbons (Fsp3) is 0.0400. The van der Waals surface area contributed by atoms with Crippen LogP contribution in [0.3, 0.4) is 0 Å². The number of benzene rings is 3. The summed E-state index contributed by atoms with van der Waals surface area (Å²) in [4.78, 5) is 13.6. The van der Waals surface area contributed by atoms with Gasteiger partial charge in [-0.1, -0.05) is 36.4 Å². The molecule has 0 saturated heterocycles. The molecule has 3 N–H and O–H groups in total. The van der Waals surface area contributed by atoms with E-state index in [-0.39, 0.29) is 5.75 Å². The second-order valence-corrected chi connectivity index (χ2v) is 7.70. The van der Waals surface area contributed by atoms with Gasteiger partial charge in [-0.05, 0) is 54.0 Å². The number of hydrogen-bond donors (Lipinski definition) is 3. The van der Waals surface area contributed by atoms with Gasteiger partial charge in [0, 0.05) is 16.6 Å². The number of pyridine rings is 1. The van der Waals surface area contributed by atoms with E-state index in [2.05, 4.69) is 37.7 Å². The maximum absolute atomic E-state index is 9.84. The highest BCUT2D eigenvalue weighted by atomic mass is 32.1. The molecule has 0 saturated carbocycles. The van der Waals surface area contributed by atoms with Crippen molar-refractivity contribution in [3.05, 3.63) is 79.0 Å². The van der Waals surface area contributed by atoms with E-state index in [1.54, 1.807) is 24.4 Å². The van der Waals surface area contributed by atoms with Crippen molar-refractivity contribution in [1.29, 1.82) is 0 Å². The Bertz CT molecular complexity index is 1500. The van der Waals surface area contributed by atoms with Crippen LogP contribution >= 0.6 is 12.2 Å². The van der Waals surface area contributed by atoms with Gasteiger partial charge in [0.05, 0.1) is 19.0 Å². The summed E-state index contributed by atoms with van der Waals surface area (Å²) < 4.78 is 5.20. The van der Waals surface area contributed by atoms with Gasteiger partial charge in [-0.25, -0.2) is 15.0 Å². The quantitative estimate of drug-likeness (QED) is 0.313. The zero-order chi connectivity index (χ0) is 22.8. The minimum absolute atomic E-state index is 0.0699. The van der Waals surface area contributed by atoms with Gasteiger partial charge in [0.2, 0.25) is 0 Å². The highest BCUT2D eigenvalue weighted by Gasteiger charge is 2.09. The standard InChI is InChI=1S/C25H19N5O2S/c1-32-22-13-16(9-12-21(22)31)18-10-11-20-24(27-18)29-23(14-26-20)30-25(33)28-19-8-4-6-15-5-2-3-7-17(15)19/h2-14,31H,1H3,(H2,27,28,29,30,33). The van der Waals surface area contributed by atoms with Gasteiger partial charge in [0.25, 0.3) is 0 Å². The third-order valence-electron chi connectivity index (χ3n) is 5.16. The van der Waals surface area contributed by atoms with Gasteiger partial charge in [-0.2, -0.15) is 0 Å². The minimum atomic E-state index is 0.0699. The maximum atomic E-state index is 9.84. The molecule has 162 valence electrons. The largest absolute Gasteiger partial charge is 0.504 e. The van der Waals surface area contributed by atoms with Crippen LogP contribution in [0, 0.1) is 0 Å². The lowest BCUT2D eigenvalue weighted by molar-refractivity contribution is 0.373. The molecule has 0 aliphatic carbocycles. The summed E-state index contributed by atoms with van der Waals surface area (Å²) in [6.45, 7) is 0. The average Bonchev–Trinajstić information content (AvgIpc) is 2.84. The third-order valence-corrected chi connectivity index (χ3v) is 5.37. The SMILES string of the molecule is COc1cc(-c2ccc3ncc(NC(=S)Nc4cccc5ccccc45)nc3n2)ccc1O. The third kappa shape index (κ3) is 4.24. The van der Waals surface area contributed by atoms with Gasteiger partial charge in [-0.3, -0.25) is 0 Å². The van der Waals surface area contributed by atoms with Gasteiger partial charge in [0.1, 0.15) is 5.52 Å². The lowest BCUT2D eigenvalue weighted by Crippen LogP contribution is -2.20. The molecule has 3 aromatic carbocycles. The molecule has 5 rings (SSSR count). The summed E-state index contributed by atoms with van der Waals surface area (Å²) in [5.74, 6) is 0.925. The predicted molar refractivity (Wildman–Crippen MR) is 135 cm³/mol. The Morgan fingerprint density at radius 2 is 1.79 bits per heavy atom. The lowest BCUT2D eigenvalue weighted by atomic mass is 10.1. The number of ether oxygens (including phenoxy) is 1. The molecule has 33 heavy (non-hydrogen) atoms. The van der Waals surface area contributed by atoms with Crippen molar-refractivity contribution in [1.82, 2.24) is 15.0 Å².